The van der Waals surface area contributed by atoms with Crippen molar-refractivity contribution >= 4 is 29.6 Å². The van der Waals surface area contributed by atoms with Crippen LogP contribution in [0.4, 0.5) is 4.79 Å². The third kappa shape index (κ3) is 5.04. The van der Waals surface area contributed by atoms with Crippen molar-refractivity contribution in [1.29, 1.82) is 0 Å². The first-order valence-corrected chi connectivity index (χ1v) is 12.3. The number of rotatable bonds is 8. The summed E-state index contributed by atoms with van der Waals surface area (Å²) in [6.07, 6.45) is 2.50. The summed E-state index contributed by atoms with van der Waals surface area (Å²) in [5.74, 6) is 0.729. The van der Waals surface area contributed by atoms with Crippen LogP contribution < -0.4 is 25.4 Å². The van der Waals surface area contributed by atoms with Crippen molar-refractivity contribution in [3.63, 3.8) is 0 Å². The van der Waals surface area contributed by atoms with Gasteiger partial charge in [0.2, 0.25) is 18.6 Å². The molecule has 2 saturated heterocycles. The van der Waals surface area contributed by atoms with Gasteiger partial charge < -0.3 is 19.7 Å². The molecule has 3 N–H and O–H groups in total. The lowest BCUT2D eigenvalue weighted by Crippen LogP contribution is -2.74. The molecule has 4 atom stereocenters. The number of fused-ring (bicyclic) bond motifs is 2. The number of hydrogen-bond acceptors (Lipinski definition) is 8. The standard InChI is InChI=1S/C22H31N5O5S/c1-4-5-6-16-24-19-18(21(29)27(3)22(30)26(19)2)20(25-16)33-11-17(28)23-10-13-7-8-14-15(9-13)32-12-31-14/h7-9,16,18-20,24-25H,4-6,10-12H2,1-3H3,(H,23,28). The molecular formula is C22H31N5O5S. The van der Waals surface area contributed by atoms with Crippen LogP contribution >= 0.6 is 11.8 Å². The Balaban J connectivity index is 1.37. The molecule has 0 radical (unpaired) electrons. The topological polar surface area (TPSA) is 112 Å². The van der Waals surface area contributed by atoms with E-state index in [0.717, 1.165) is 29.7 Å². The molecule has 3 heterocycles. The average Bonchev–Trinajstić information content (AvgIpc) is 3.29. The minimum absolute atomic E-state index is 0.0353. The molecule has 3 aliphatic rings. The molecule has 1 aromatic carbocycles. The van der Waals surface area contributed by atoms with Crippen molar-refractivity contribution in [2.75, 3.05) is 26.6 Å². The average molecular weight is 478 g/mol. The normalized spacial score (nSPS) is 26.4. The number of benzene rings is 1. The molecule has 0 bridgehead atoms. The Morgan fingerprint density at radius 3 is 2.79 bits per heavy atom. The van der Waals surface area contributed by atoms with Crippen LogP contribution in [0.2, 0.25) is 0 Å². The van der Waals surface area contributed by atoms with Crippen LogP contribution in [0.3, 0.4) is 0 Å². The highest BCUT2D eigenvalue weighted by atomic mass is 32.2. The molecule has 11 heteroatoms. The maximum atomic E-state index is 13.0. The number of amides is 4. The monoisotopic (exact) mass is 477 g/mol. The van der Waals surface area contributed by atoms with Crippen LogP contribution in [0.25, 0.3) is 0 Å². The molecule has 0 saturated carbocycles. The molecule has 180 valence electrons. The Hall–Kier alpha value is -2.50. The van der Waals surface area contributed by atoms with Crippen LogP contribution in [-0.2, 0) is 16.1 Å². The molecule has 4 amide bonds. The zero-order valence-corrected chi connectivity index (χ0v) is 19.9. The summed E-state index contributed by atoms with van der Waals surface area (Å²) in [6.45, 7) is 2.71. The zero-order valence-electron chi connectivity index (χ0n) is 19.1. The lowest BCUT2D eigenvalue weighted by atomic mass is 9.96. The van der Waals surface area contributed by atoms with Crippen LogP contribution in [0, 0.1) is 5.92 Å². The van der Waals surface area contributed by atoms with Gasteiger partial charge >= 0.3 is 6.03 Å². The fraction of sp³-hybridized carbons (Fsp3) is 0.591. The molecule has 0 aliphatic carbocycles. The SMILES string of the molecule is CCCCC1NC(SCC(=O)NCc2ccc3c(c2)OCO3)C2C(=O)N(C)C(=O)N(C)C2N1. The fourth-order valence-electron chi connectivity index (χ4n) is 4.31. The van der Waals surface area contributed by atoms with Gasteiger partial charge in [0.05, 0.1) is 29.4 Å². The van der Waals surface area contributed by atoms with E-state index in [2.05, 4.69) is 22.9 Å². The number of nitrogens with zero attached hydrogens (tertiary/aromatic N) is 2. The Labute approximate surface area is 197 Å². The molecule has 4 unspecified atom stereocenters. The first-order valence-electron chi connectivity index (χ1n) is 11.2. The fourth-order valence-corrected chi connectivity index (χ4v) is 5.48. The van der Waals surface area contributed by atoms with Crippen LogP contribution in [-0.4, -0.2) is 72.0 Å². The number of carbonyl (C=O) groups is 3. The van der Waals surface area contributed by atoms with E-state index in [9.17, 15) is 14.4 Å². The molecule has 4 rings (SSSR count). The summed E-state index contributed by atoms with van der Waals surface area (Å²) in [6, 6.07) is 5.25. The summed E-state index contributed by atoms with van der Waals surface area (Å²) in [7, 11) is 3.21. The van der Waals surface area contributed by atoms with E-state index in [1.807, 2.05) is 18.2 Å². The van der Waals surface area contributed by atoms with Crippen LogP contribution in [0.15, 0.2) is 18.2 Å². The summed E-state index contributed by atoms with van der Waals surface area (Å²) >= 11 is 1.40. The Morgan fingerprint density at radius 2 is 2.00 bits per heavy atom. The summed E-state index contributed by atoms with van der Waals surface area (Å²) < 4.78 is 10.7. The van der Waals surface area contributed by atoms with Gasteiger partial charge in [-0.2, -0.15) is 0 Å². The Kier molecular flexibility index (Phi) is 7.30. The van der Waals surface area contributed by atoms with E-state index < -0.39 is 12.1 Å². The quantitative estimate of drug-likeness (QED) is 0.513. The highest BCUT2D eigenvalue weighted by Gasteiger charge is 2.50. The number of ether oxygens (including phenoxy) is 2. The highest BCUT2D eigenvalue weighted by molar-refractivity contribution is 8.00. The van der Waals surface area contributed by atoms with Crippen LogP contribution in [0.1, 0.15) is 31.7 Å². The Morgan fingerprint density at radius 1 is 1.21 bits per heavy atom. The minimum atomic E-state index is -0.484. The summed E-state index contributed by atoms with van der Waals surface area (Å²) in [5.41, 5.74) is 0.918. The Bertz CT molecular complexity index is 915. The third-order valence-corrected chi connectivity index (χ3v) is 7.41. The van der Waals surface area contributed by atoms with Gasteiger partial charge in [-0.15, -0.1) is 11.8 Å². The molecule has 0 aromatic heterocycles. The number of urea groups is 1. The van der Waals surface area contributed by atoms with Crippen molar-refractivity contribution in [2.45, 2.75) is 50.4 Å². The van der Waals surface area contributed by atoms with Crippen molar-refractivity contribution in [3.05, 3.63) is 23.8 Å². The third-order valence-electron chi connectivity index (χ3n) is 6.19. The summed E-state index contributed by atoms with van der Waals surface area (Å²) in [4.78, 5) is 40.7. The second-order valence-corrected chi connectivity index (χ2v) is 9.62. The van der Waals surface area contributed by atoms with Crippen molar-refractivity contribution in [3.8, 4) is 11.5 Å². The number of hydrogen-bond donors (Lipinski definition) is 3. The molecule has 3 aliphatic heterocycles. The smallest absolute Gasteiger partial charge is 0.327 e. The maximum absolute atomic E-state index is 13.0. The lowest BCUT2D eigenvalue weighted by Gasteiger charge is -2.50. The number of thioether (sulfide) groups is 1. The van der Waals surface area contributed by atoms with E-state index >= 15 is 0 Å². The minimum Gasteiger partial charge on any atom is -0.454 e. The van der Waals surface area contributed by atoms with E-state index in [1.54, 1.807) is 11.9 Å². The molecular weight excluding hydrogens is 446 g/mol. The zero-order chi connectivity index (χ0) is 23.5. The van der Waals surface area contributed by atoms with Crippen molar-refractivity contribution in [1.82, 2.24) is 25.8 Å². The predicted molar refractivity (Wildman–Crippen MR) is 123 cm³/mol. The van der Waals surface area contributed by atoms with Gasteiger partial charge in [0.25, 0.3) is 0 Å². The maximum Gasteiger partial charge on any atom is 0.327 e. The number of nitrogens with one attached hydrogen (secondary N) is 3. The molecule has 1 aromatic rings. The number of imide groups is 1. The molecule has 33 heavy (non-hydrogen) atoms. The van der Waals surface area contributed by atoms with Gasteiger partial charge in [-0.05, 0) is 24.1 Å². The van der Waals surface area contributed by atoms with Crippen molar-refractivity contribution < 1.29 is 23.9 Å². The van der Waals surface area contributed by atoms with E-state index in [0.29, 0.717) is 18.0 Å². The highest BCUT2D eigenvalue weighted by Crippen LogP contribution is 2.33. The number of unbranched alkanes of at least 4 members (excludes halogenated alkanes) is 1. The van der Waals surface area contributed by atoms with Gasteiger partial charge in [0.1, 0.15) is 0 Å². The first-order chi connectivity index (χ1) is 15.9. The first kappa shape index (κ1) is 23.7. The number of carbonyl (C=O) groups excluding carboxylic acids is 3. The summed E-state index contributed by atoms with van der Waals surface area (Å²) in [5, 5.41) is 9.54. The second kappa shape index (κ2) is 10.2. The molecule has 0 spiro atoms. The van der Waals surface area contributed by atoms with Gasteiger partial charge in [0, 0.05) is 20.6 Å². The predicted octanol–water partition coefficient (Wildman–Crippen LogP) is 1.27. The van der Waals surface area contributed by atoms with E-state index in [4.69, 9.17) is 9.47 Å². The molecule has 10 nitrogen and oxygen atoms in total. The van der Waals surface area contributed by atoms with Gasteiger partial charge in [0.15, 0.2) is 11.5 Å². The van der Waals surface area contributed by atoms with Gasteiger partial charge in [-0.1, -0.05) is 25.8 Å². The van der Waals surface area contributed by atoms with E-state index in [-0.39, 0.29) is 41.9 Å². The molecule has 2 fully saturated rings. The largest absolute Gasteiger partial charge is 0.454 e. The van der Waals surface area contributed by atoms with Gasteiger partial charge in [-0.25, -0.2) is 4.79 Å². The van der Waals surface area contributed by atoms with Crippen LogP contribution in [0.5, 0.6) is 11.5 Å². The van der Waals surface area contributed by atoms with Crippen molar-refractivity contribution in [2.24, 2.45) is 5.92 Å². The second-order valence-electron chi connectivity index (χ2n) is 8.49. The van der Waals surface area contributed by atoms with Gasteiger partial charge in [-0.3, -0.25) is 25.1 Å². The lowest BCUT2D eigenvalue weighted by molar-refractivity contribution is -0.140. The van der Waals surface area contributed by atoms with E-state index in [1.165, 1.54) is 18.8 Å².